The lowest BCUT2D eigenvalue weighted by Gasteiger charge is -2.37. The number of carbonyl (C=O) groups is 1. The molecule has 1 N–H and O–H groups in total. The average molecular weight is 325 g/mol. The van der Waals surface area contributed by atoms with Crippen molar-refractivity contribution in [1.82, 2.24) is 9.88 Å². The van der Waals surface area contributed by atoms with Crippen LogP contribution in [0.25, 0.3) is 0 Å². The summed E-state index contributed by atoms with van der Waals surface area (Å²) >= 11 is 0. The van der Waals surface area contributed by atoms with Gasteiger partial charge in [-0.2, -0.15) is 0 Å². The number of aromatic nitrogens is 1. The number of amides is 1. The van der Waals surface area contributed by atoms with Crippen LogP contribution in [0.3, 0.4) is 0 Å². The number of rotatable bonds is 3. The van der Waals surface area contributed by atoms with E-state index >= 15 is 0 Å². The van der Waals surface area contributed by atoms with E-state index in [4.69, 9.17) is 0 Å². The van der Waals surface area contributed by atoms with Crippen molar-refractivity contribution >= 4 is 11.6 Å². The first-order valence-corrected chi connectivity index (χ1v) is 8.69. The Morgan fingerprint density at radius 1 is 1.08 bits per heavy atom. The zero-order chi connectivity index (χ0) is 17.3. The Bertz CT molecular complexity index is 739. The summed E-state index contributed by atoms with van der Waals surface area (Å²) in [5.41, 5.74) is 7.32. The highest BCUT2D eigenvalue weighted by atomic mass is 16.2. The second kappa shape index (κ2) is 6.71. The molecule has 4 nitrogen and oxygen atoms in total. The summed E-state index contributed by atoms with van der Waals surface area (Å²) < 4.78 is 0. The minimum Gasteiger partial charge on any atom is -0.368 e. The lowest BCUT2D eigenvalue weighted by Crippen LogP contribution is -2.49. The zero-order valence-corrected chi connectivity index (χ0v) is 15.1. The van der Waals surface area contributed by atoms with Gasteiger partial charge in [0.05, 0.1) is 6.42 Å². The number of nitrogens with one attached hydrogen (secondary N) is 1. The molecule has 0 spiro atoms. The van der Waals surface area contributed by atoms with E-state index in [2.05, 4.69) is 48.0 Å². The maximum Gasteiger partial charge on any atom is 0.227 e. The van der Waals surface area contributed by atoms with Crippen LogP contribution in [0, 0.1) is 27.7 Å². The molecule has 0 bridgehead atoms. The fourth-order valence-corrected chi connectivity index (χ4v) is 3.51. The van der Waals surface area contributed by atoms with E-state index < -0.39 is 0 Å². The number of carbonyl (C=O) groups excluding carboxylic acids is 1. The van der Waals surface area contributed by atoms with Gasteiger partial charge in [0.25, 0.3) is 0 Å². The number of H-pyrrole nitrogens is 1. The second-order valence-electron chi connectivity index (χ2n) is 6.87. The maximum atomic E-state index is 12.6. The standard InChI is InChI=1S/C20H27N3O/c1-14-6-5-7-19(16(14)3)22-8-10-23(11-9-22)20(24)13-18-12-15(2)21-17(18)4/h5-7,12,21H,8-11,13H2,1-4H3. The lowest BCUT2D eigenvalue weighted by atomic mass is 10.1. The third-order valence-electron chi connectivity index (χ3n) is 5.15. The van der Waals surface area contributed by atoms with Crippen molar-refractivity contribution in [3.63, 3.8) is 0 Å². The number of piperazine rings is 1. The van der Waals surface area contributed by atoms with E-state index in [1.54, 1.807) is 0 Å². The Balaban J connectivity index is 1.61. The van der Waals surface area contributed by atoms with E-state index in [0.29, 0.717) is 6.42 Å². The Morgan fingerprint density at radius 2 is 1.79 bits per heavy atom. The topological polar surface area (TPSA) is 39.3 Å². The number of aryl methyl sites for hydroxylation is 3. The molecule has 1 saturated heterocycles. The van der Waals surface area contributed by atoms with Gasteiger partial charge in [-0.25, -0.2) is 0 Å². The molecule has 1 amide bonds. The van der Waals surface area contributed by atoms with Gasteiger partial charge in [0, 0.05) is 43.3 Å². The van der Waals surface area contributed by atoms with Crippen LogP contribution in [0.4, 0.5) is 5.69 Å². The fourth-order valence-electron chi connectivity index (χ4n) is 3.51. The Morgan fingerprint density at radius 3 is 2.42 bits per heavy atom. The fraction of sp³-hybridized carbons (Fsp3) is 0.450. The molecule has 0 aliphatic carbocycles. The van der Waals surface area contributed by atoms with Crippen LogP contribution in [-0.2, 0) is 11.2 Å². The van der Waals surface area contributed by atoms with Gasteiger partial charge >= 0.3 is 0 Å². The van der Waals surface area contributed by atoms with Crippen LogP contribution in [-0.4, -0.2) is 42.0 Å². The SMILES string of the molecule is Cc1cc(CC(=O)N2CCN(c3cccc(C)c3C)CC2)c(C)[nH]1. The largest absolute Gasteiger partial charge is 0.368 e. The normalized spacial score (nSPS) is 15.0. The van der Waals surface area contributed by atoms with E-state index in [9.17, 15) is 4.79 Å². The maximum absolute atomic E-state index is 12.6. The van der Waals surface area contributed by atoms with Gasteiger partial charge in [-0.15, -0.1) is 0 Å². The van der Waals surface area contributed by atoms with E-state index in [0.717, 1.165) is 43.1 Å². The van der Waals surface area contributed by atoms with E-state index in [-0.39, 0.29) is 5.91 Å². The number of nitrogens with zero attached hydrogens (tertiary/aromatic N) is 2. The van der Waals surface area contributed by atoms with Crippen molar-refractivity contribution in [3.05, 3.63) is 52.3 Å². The van der Waals surface area contributed by atoms with Crippen molar-refractivity contribution in [2.75, 3.05) is 31.1 Å². The van der Waals surface area contributed by atoms with Gasteiger partial charge in [0.1, 0.15) is 0 Å². The van der Waals surface area contributed by atoms with Crippen molar-refractivity contribution in [2.24, 2.45) is 0 Å². The molecule has 24 heavy (non-hydrogen) atoms. The third-order valence-corrected chi connectivity index (χ3v) is 5.15. The molecule has 0 atom stereocenters. The summed E-state index contributed by atoms with van der Waals surface area (Å²) in [7, 11) is 0. The highest BCUT2D eigenvalue weighted by molar-refractivity contribution is 5.79. The highest BCUT2D eigenvalue weighted by Crippen LogP contribution is 2.24. The van der Waals surface area contributed by atoms with Crippen molar-refractivity contribution in [3.8, 4) is 0 Å². The molecule has 0 radical (unpaired) electrons. The molecule has 2 aromatic rings. The van der Waals surface area contributed by atoms with Gasteiger partial charge in [-0.3, -0.25) is 4.79 Å². The monoisotopic (exact) mass is 325 g/mol. The molecule has 4 heteroatoms. The summed E-state index contributed by atoms with van der Waals surface area (Å²) in [5.74, 6) is 0.234. The summed E-state index contributed by atoms with van der Waals surface area (Å²) in [6.07, 6.45) is 0.500. The summed E-state index contributed by atoms with van der Waals surface area (Å²) in [5, 5.41) is 0. The molecule has 3 rings (SSSR count). The van der Waals surface area contributed by atoms with Gasteiger partial charge < -0.3 is 14.8 Å². The Labute approximate surface area is 144 Å². The van der Waals surface area contributed by atoms with Gasteiger partial charge in [-0.05, 0) is 56.5 Å². The van der Waals surface area contributed by atoms with E-state index in [1.165, 1.54) is 16.8 Å². The van der Waals surface area contributed by atoms with Crippen molar-refractivity contribution in [2.45, 2.75) is 34.1 Å². The molecular weight excluding hydrogens is 298 g/mol. The first-order chi connectivity index (χ1) is 11.5. The number of benzene rings is 1. The number of hydrogen-bond acceptors (Lipinski definition) is 2. The number of anilines is 1. The van der Waals surface area contributed by atoms with Crippen LogP contribution in [0.5, 0.6) is 0 Å². The number of hydrogen-bond donors (Lipinski definition) is 1. The molecule has 1 aliphatic heterocycles. The average Bonchev–Trinajstić information content (AvgIpc) is 2.87. The lowest BCUT2D eigenvalue weighted by molar-refractivity contribution is -0.130. The minimum atomic E-state index is 0.234. The quantitative estimate of drug-likeness (QED) is 0.942. The van der Waals surface area contributed by atoms with Gasteiger partial charge in [-0.1, -0.05) is 12.1 Å². The smallest absolute Gasteiger partial charge is 0.227 e. The van der Waals surface area contributed by atoms with Crippen LogP contribution >= 0.6 is 0 Å². The first kappa shape index (κ1) is 16.6. The van der Waals surface area contributed by atoms with Gasteiger partial charge in [0.15, 0.2) is 0 Å². The second-order valence-corrected chi connectivity index (χ2v) is 6.87. The summed E-state index contributed by atoms with van der Waals surface area (Å²) in [6.45, 7) is 11.8. The summed E-state index contributed by atoms with van der Waals surface area (Å²) in [6, 6.07) is 8.54. The number of aromatic amines is 1. The van der Waals surface area contributed by atoms with Crippen LogP contribution in [0.15, 0.2) is 24.3 Å². The predicted octanol–water partition coefficient (Wildman–Crippen LogP) is 3.14. The first-order valence-electron chi connectivity index (χ1n) is 8.69. The predicted molar refractivity (Wildman–Crippen MR) is 98.7 cm³/mol. The molecule has 2 heterocycles. The molecule has 128 valence electrons. The van der Waals surface area contributed by atoms with Crippen LogP contribution < -0.4 is 4.90 Å². The molecule has 1 aliphatic rings. The minimum absolute atomic E-state index is 0.234. The van der Waals surface area contributed by atoms with Crippen LogP contribution in [0.2, 0.25) is 0 Å². The third kappa shape index (κ3) is 3.32. The van der Waals surface area contributed by atoms with Crippen LogP contribution in [0.1, 0.15) is 28.1 Å². The van der Waals surface area contributed by atoms with E-state index in [1.807, 2.05) is 18.7 Å². The van der Waals surface area contributed by atoms with Crippen molar-refractivity contribution in [1.29, 1.82) is 0 Å². The Hall–Kier alpha value is -2.23. The molecule has 1 aromatic heterocycles. The highest BCUT2D eigenvalue weighted by Gasteiger charge is 2.23. The zero-order valence-electron chi connectivity index (χ0n) is 15.1. The molecule has 1 aromatic carbocycles. The summed E-state index contributed by atoms with van der Waals surface area (Å²) in [4.78, 5) is 20.3. The molecular formula is C20H27N3O. The molecule has 0 unspecified atom stereocenters. The van der Waals surface area contributed by atoms with Gasteiger partial charge in [0.2, 0.25) is 5.91 Å². The van der Waals surface area contributed by atoms with Crippen molar-refractivity contribution < 1.29 is 4.79 Å². The molecule has 1 fully saturated rings. The molecule has 0 saturated carbocycles. The Kier molecular flexibility index (Phi) is 4.65.